The summed E-state index contributed by atoms with van der Waals surface area (Å²) in [7, 11) is 0. The summed E-state index contributed by atoms with van der Waals surface area (Å²) in [4.78, 5) is 25.9. The average molecular weight is 469 g/mol. The van der Waals surface area contributed by atoms with Crippen molar-refractivity contribution in [3.05, 3.63) is 33.5 Å². The number of piperidine rings is 1. The summed E-state index contributed by atoms with van der Waals surface area (Å²) in [6, 6.07) is 1.14. The van der Waals surface area contributed by atoms with Gasteiger partial charge < -0.3 is 15.0 Å². The van der Waals surface area contributed by atoms with Crippen molar-refractivity contribution in [2.45, 2.75) is 51.4 Å². The van der Waals surface area contributed by atoms with Gasteiger partial charge in [-0.3, -0.25) is 4.79 Å². The number of alkyl halides is 3. The first kappa shape index (κ1) is 22.4. The second kappa shape index (κ2) is 8.26. The molecule has 1 aliphatic rings. The minimum atomic E-state index is -4.91. The Morgan fingerprint density at radius 3 is 2.46 bits per heavy atom. The maximum atomic E-state index is 14.4. The van der Waals surface area contributed by atoms with Gasteiger partial charge in [0, 0.05) is 23.6 Å². The number of nitrogens with one attached hydrogen (secondary N) is 1. The molecular formula is C18H21BrF4N2O3. The van der Waals surface area contributed by atoms with Crippen molar-refractivity contribution >= 4 is 27.9 Å². The monoisotopic (exact) mass is 468 g/mol. The Bertz CT molecular complexity index is 762. The molecule has 156 valence electrons. The molecule has 1 aliphatic heterocycles. The van der Waals surface area contributed by atoms with E-state index in [4.69, 9.17) is 4.74 Å². The third-order valence-electron chi connectivity index (χ3n) is 4.04. The molecule has 0 saturated carbocycles. The van der Waals surface area contributed by atoms with Crippen LogP contribution in [0.25, 0.3) is 0 Å². The van der Waals surface area contributed by atoms with Crippen molar-refractivity contribution in [1.82, 2.24) is 10.2 Å². The van der Waals surface area contributed by atoms with Crippen LogP contribution in [0.15, 0.2) is 16.6 Å². The number of benzene rings is 1. The number of hydrogen-bond acceptors (Lipinski definition) is 3. The first-order valence-corrected chi connectivity index (χ1v) is 9.43. The SMILES string of the molecule is CC(C)(C)OC(=O)N[C@@H]1CCCN(C(=O)c2c(Br)ccc(C(F)(F)F)c2F)C1. The Hall–Kier alpha value is -1.84. The predicted octanol–water partition coefficient (Wildman–Crippen LogP) is 4.74. The highest BCUT2D eigenvalue weighted by Gasteiger charge is 2.38. The number of hydrogen-bond donors (Lipinski definition) is 1. The van der Waals surface area contributed by atoms with Crippen molar-refractivity contribution in [2.75, 3.05) is 13.1 Å². The molecule has 5 nitrogen and oxygen atoms in total. The minimum absolute atomic E-state index is 0.0419. The fourth-order valence-electron chi connectivity index (χ4n) is 2.88. The highest BCUT2D eigenvalue weighted by atomic mass is 79.9. The lowest BCUT2D eigenvalue weighted by Gasteiger charge is -2.34. The molecule has 1 aromatic rings. The van der Waals surface area contributed by atoms with E-state index >= 15 is 0 Å². The molecule has 0 spiro atoms. The van der Waals surface area contributed by atoms with Crippen molar-refractivity contribution in [1.29, 1.82) is 0 Å². The summed E-state index contributed by atoms with van der Waals surface area (Å²) >= 11 is 2.96. The molecule has 0 radical (unpaired) electrons. The Morgan fingerprint density at radius 1 is 1.25 bits per heavy atom. The van der Waals surface area contributed by atoms with E-state index in [0.29, 0.717) is 18.9 Å². The molecule has 1 aromatic carbocycles. The third kappa shape index (κ3) is 5.59. The molecule has 0 unspecified atom stereocenters. The van der Waals surface area contributed by atoms with Gasteiger partial charge in [0.15, 0.2) is 0 Å². The van der Waals surface area contributed by atoms with Crippen LogP contribution in [0.4, 0.5) is 22.4 Å². The summed E-state index contributed by atoms with van der Waals surface area (Å²) in [5.74, 6) is -2.49. The van der Waals surface area contributed by atoms with Crippen LogP contribution in [0.2, 0.25) is 0 Å². The Morgan fingerprint density at radius 2 is 1.89 bits per heavy atom. The Balaban J connectivity index is 2.18. The van der Waals surface area contributed by atoms with Gasteiger partial charge in [-0.2, -0.15) is 13.2 Å². The molecular weight excluding hydrogens is 448 g/mol. The van der Waals surface area contributed by atoms with Gasteiger partial charge >= 0.3 is 12.3 Å². The van der Waals surface area contributed by atoms with Gasteiger partial charge in [-0.05, 0) is 61.7 Å². The van der Waals surface area contributed by atoms with Crippen molar-refractivity contribution in [3.8, 4) is 0 Å². The van der Waals surface area contributed by atoms with Crippen molar-refractivity contribution in [2.24, 2.45) is 0 Å². The number of rotatable bonds is 2. The summed E-state index contributed by atoms with van der Waals surface area (Å²) in [6.07, 6.45) is -4.50. The first-order valence-electron chi connectivity index (χ1n) is 8.63. The summed E-state index contributed by atoms with van der Waals surface area (Å²) in [5, 5.41) is 2.64. The normalized spacial score (nSPS) is 18.0. The number of ether oxygens (including phenoxy) is 1. The lowest BCUT2D eigenvalue weighted by atomic mass is 10.0. The second-order valence-electron chi connectivity index (χ2n) is 7.52. The number of nitrogens with zero attached hydrogens (tertiary/aromatic N) is 1. The van der Waals surface area contributed by atoms with E-state index in [2.05, 4.69) is 21.2 Å². The number of carbonyl (C=O) groups is 2. The van der Waals surface area contributed by atoms with Gasteiger partial charge in [-0.1, -0.05) is 0 Å². The Kier molecular flexibility index (Phi) is 6.62. The van der Waals surface area contributed by atoms with E-state index in [1.165, 1.54) is 4.90 Å². The molecule has 2 amide bonds. The van der Waals surface area contributed by atoms with Gasteiger partial charge in [-0.15, -0.1) is 0 Å². The zero-order valence-electron chi connectivity index (χ0n) is 15.6. The zero-order valence-corrected chi connectivity index (χ0v) is 17.2. The predicted molar refractivity (Wildman–Crippen MR) is 97.4 cm³/mol. The molecule has 1 heterocycles. The van der Waals surface area contributed by atoms with Gasteiger partial charge in [0.25, 0.3) is 5.91 Å². The fourth-order valence-corrected chi connectivity index (χ4v) is 3.36. The molecule has 2 rings (SSSR count). The molecule has 28 heavy (non-hydrogen) atoms. The highest BCUT2D eigenvalue weighted by Crippen LogP contribution is 2.35. The summed E-state index contributed by atoms with van der Waals surface area (Å²) in [5.41, 5.74) is -2.87. The molecule has 0 aliphatic carbocycles. The number of carbonyl (C=O) groups excluding carboxylic acids is 2. The van der Waals surface area contributed by atoms with Crippen LogP contribution in [0.3, 0.4) is 0 Å². The lowest BCUT2D eigenvalue weighted by molar-refractivity contribution is -0.140. The topological polar surface area (TPSA) is 58.6 Å². The largest absolute Gasteiger partial charge is 0.444 e. The van der Waals surface area contributed by atoms with E-state index in [0.717, 1.165) is 6.07 Å². The van der Waals surface area contributed by atoms with E-state index in [1.54, 1.807) is 20.8 Å². The van der Waals surface area contributed by atoms with Crippen molar-refractivity contribution in [3.63, 3.8) is 0 Å². The quantitative estimate of drug-likeness (QED) is 0.637. The minimum Gasteiger partial charge on any atom is -0.444 e. The van der Waals surface area contributed by atoms with Crippen LogP contribution in [-0.4, -0.2) is 41.6 Å². The zero-order chi connectivity index (χ0) is 21.3. The van der Waals surface area contributed by atoms with Crippen LogP contribution in [0.5, 0.6) is 0 Å². The van der Waals surface area contributed by atoms with Crippen LogP contribution in [-0.2, 0) is 10.9 Å². The molecule has 1 saturated heterocycles. The van der Waals surface area contributed by atoms with Crippen molar-refractivity contribution < 1.29 is 31.9 Å². The lowest BCUT2D eigenvalue weighted by Crippen LogP contribution is -2.50. The molecule has 1 atom stereocenters. The standard InChI is InChI=1S/C18H21BrF4N2O3/c1-17(2,3)28-16(27)24-10-5-4-8-25(9-10)15(26)13-12(19)7-6-11(14(13)20)18(21,22)23/h6-7,10H,4-5,8-9H2,1-3H3,(H,24,27)/t10-/m1/s1. The maximum Gasteiger partial charge on any atom is 0.419 e. The average Bonchev–Trinajstić information content (AvgIpc) is 2.51. The van der Waals surface area contributed by atoms with E-state index in [-0.39, 0.29) is 17.6 Å². The van der Waals surface area contributed by atoms with Crippen LogP contribution in [0.1, 0.15) is 49.5 Å². The summed E-state index contributed by atoms with van der Waals surface area (Å²) in [6.45, 7) is 5.40. The molecule has 1 fully saturated rings. The van der Waals surface area contributed by atoms with Gasteiger partial charge in [0.2, 0.25) is 0 Å². The molecule has 1 N–H and O–H groups in total. The van der Waals surface area contributed by atoms with E-state index in [9.17, 15) is 27.2 Å². The second-order valence-corrected chi connectivity index (χ2v) is 8.37. The van der Waals surface area contributed by atoms with Crippen LogP contribution >= 0.6 is 15.9 Å². The van der Waals surface area contributed by atoms with Gasteiger partial charge in [-0.25, -0.2) is 9.18 Å². The number of amides is 2. The van der Waals surface area contributed by atoms with Crippen LogP contribution < -0.4 is 5.32 Å². The fraction of sp³-hybridized carbons (Fsp3) is 0.556. The van der Waals surface area contributed by atoms with E-state index < -0.39 is 46.8 Å². The molecule has 0 bridgehead atoms. The number of alkyl carbamates (subject to hydrolysis) is 1. The van der Waals surface area contributed by atoms with E-state index in [1.807, 2.05) is 0 Å². The van der Waals surface area contributed by atoms with Crippen LogP contribution in [0, 0.1) is 5.82 Å². The number of likely N-dealkylation sites (tertiary alicyclic amines) is 1. The maximum absolute atomic E-state index is 14.4. The van der Waals surface area contributed by atoms with Gasteiger partial charge in [0.1, 0.15) is 11.4 Å². The summed E-state index contributed by atoms with van der Waals surface area (Å²) < 4.78 is 58.4. The third-order valence-corrected chi connectivity index (χ3v) is 4.70. The highest BCUT2D eigenvalue weighted by molar-refractivity contribution is 9.10. The molecule has 0 aromatic heterocycles. The first-order chi connectivity index (χ1) is 12.8. The Labute approximate surface area is 168 Å². The smallest absolute Gasteiger partial charge is 0.419 e. The number of halogens is 5. The molecule has 10 heteroatoms. The van der Waals surface area contributed by atoms with Gasteiger partial charge in [0.05, 0.1) is 11.1 Å².